The van der Waals surface area contributed by atoms with Gasteiger partial charge >= 0.3 is 12.4 Å². The maximum atomic E-state index is 14.1. The second-order valence-corrected chi connectivity index (χ2v) is 9.77. The van der Waals surface area contributed by atoms with E-state index in [0.717, 1.165) is 18.4 Å². The van der Waals surface area contributed by atoms with Crippen LogP contribution in [0.25, 0.3) is 10.8 Å². The molecule has 0 atom stereocenters. The second kappa shape index (κ2) is 10.8. The Morgan fingerprint density at radius 3 is 2.22 bits per heavy atom. The van der Waals surface area contributed by atoms with Gasteiger partial charge in [-0.1, -0.05) is 18.2 Å². The van der Waals surface area contributed by atoms with Gasteiger partial charge in [-0.15, -0.1) is 5.11 Å². The topological polar surface area (TPSA) is 87.1 Å². The van der Waals surface area contributed by atoms with Crippen LogP contribution in [0.15, 0.2) is 40.5 Å². The molecule has 0 amide bonds. The predicted octanol–water partition coefficient (Wildman–Crippen LogP) is 6.87. The van der Waals surface area contributed by atoms with E-state index in [4.69, 9.17) is 16.1 Å². The molecular weight excluding hydrogens is 500 g/mol. The first-order valence-corrected chi connectivity index (χ1v) is 12.2. The van der Waals surface area contributed by atoms with Gasteiger partial charge in [0, 0.05) is 12.5 Å². The van der Waals surface area contributed by atoms with Crippen LogP contribution in [0.5, 0.6) is 5.75 Å². The Morgan fingerprint density at radius 2 is 1.65 bits per heavy atom. The van der Waals surface area contributed by atoms with Crippen LogP contribution in [0.3, 0.4) is 0 Å². The number of halogens is 6. The third-order valence-electron chi connectivity index (χ3n) is 7.37. The van der Waals surface area contributed by atoms with Gasteiger partial charge in [-0.25, -0.2) is 5.53 Å². The number of rotatable bonds is 5. The molecule has 0 spiro atoms. The molecule has 12 heteroatoms. The van der Waals surface area contributed by atoms with Crippen molar-refractivity contribution in [2.24, 2.45) is 27.9 Å². The highest BCUT2D eigenvalue weighted by atomic mass is 19.4. The van der Waals surface area contributed by atoms with Crippen molar-refractivity contribution in [2.45, 2.75) is 63.5 Å². The lowest BCUT2D eigenvalue weighted by Crippen LogP contribution is -2.35. The summed E-state index contributed by atoms with van der Waals surface area (Å²) in [5, 5.41) is 7.34. The van der Waals surface area contributed by atoms with Crippen LogP contribution in [-0.4, -0.2) is 36.1 Å². The lowest BCUT2D eigenvalue weighted by atomic mass is 9.87. The number of nitrogens with zero attached hydrogens (tertiary/aromatic N) is 3. The number of ether oxygens (including phenoxy) is 1. The summed E-state index contributed by atoms with van der Waals surface area (Å²) in [5.41, 5.74) is 7.11. The van der Waals surface area contributed by atoms with Crippen LogP contribution < -0.4 is 10.6 Å². The average molecular weight is 530 g/mol. The highest BCUT2D eigenvalue weighted by Crippen LogP contribution is 2.44. The highest BCUT2D eigenvalue weighted by molar-refractivity contribution is 5.89. The molecule has 202 valence electrons. The molecule has 3 N–H and O–H groups in total. The number of benzene rings is 2. The number of hydrazone groups is 1. The zero-order valence-electron chi connectivity index (χ0n) is 20.1. The van der Waals surface area contributed by atoms with Crippen LogP contribution in [-0.2, 0) is 12.7 Å². The molecule has 0 bridgehead atoms. The highest BCUT2D eigenvalue weighted by Gasteiger charge is 2.42. The minimum atomic E-state index is -4.69. The molecule has 1 heterocycles. The SMILES string of the molecule is N=NC(=NN)C1CCN(Cc2ccc3c(C(F)(F)F)c(OC4CCC(C(F)(F)F)CC4)ccc3c2)CC1. The van der Waals surface area contributed by atoms with Gasteiger partial charge in [-0.05, 0) is 80.1 Å². The van der Waals surface area contributed by atoms with Crippen molar-refractivity contribution in [3.63, 3.8) is 0 Å². The Bertz CT molecular complexity index is 1130. The van der Waals surface area contributed by atoms with Gasteiger partial charge in [0.1, 0.15) is 11.3 Å². The van der Waals surface area contributed by atoms with Crippen LogP contribution >= 0.6 is 0 Å². The Kier molecular flexibility index (Phi) is 7.96. The van der Waals surface area contributed by atoms with Gasteiger partial charge < -0.3 is 10.6 Å². The van der Waals surface area contributed by atoms with E-state index in [1.165, 1.54) is 12.1 Å². The molecular formula is C25H29F6N5O. The van der Waals surface area contributed by atoms with Gasteiger partial charge in [0.15, 0.2) is 5.84 Å². The fourth-order valence-electron chi connectivity index (χ4n) is 5.37. The molecule has 2 fully saturated rings. The summed E-state index contributed by atoms with van der Waals surface area (Å²) < 4.78 is 86.8. The van der Waals surface area contributed by atoms with E-state index in [2.05, 4.69) is 15.1 Å². The summed E-state index contributed by atoms with van der Waals surface area (Å²) in [5.74, 6) is 3.84. The molecule has 1 saturated carbocycles. The summed E-state index contributed by atoms with van der Waals surface area (Å²) in [6, 6.07) is 7.66. The summed E-state index contributed by atoms with van der Waals surface area (Å²) in [6.07, 6.45) is -8.39. The van der Waals surface area contributed by atoms with Crippen molar-refractivity contribution in [3.8, 4) is 5.75 Å². The van der Waals surface area contributed by atoms with Crippen molar-refractivity contribution in [1.82, 2.24) is 4.90 Å². The minimum absolute atomic E-state index is 0.00251. The van der Waals surface area contributed by atoms with E-state index in [9.17, 15) is 26.3 Å². The van der Waals surface area contributed by atoms with Crippen molar-refractivity contribution in [2.75, 3.05) is 13.1 Å². The molecule has 1 aliphatic heterocycles. The molecule has 0 unspecified atom stereocenters. The number of hydrogen-bond donors (Lipinski definition) is 2. The zero-order chi connectivity index (χ0) is 26.8. The normalized spacial score (nSPS) is 22.8. The summed E-state index contributed by atoms with van der Waals surface area (Å²) >= 11 is 0. The lowest BCUT2D eigenvalue weighted by molar-refractivity contribution is -0.185. The molecule has 2 aromatic carbocycles. The minimum Gasteiger partial charge on any atom is -0.490 e. The maximum absolute atomic E-state index is 14.1. The van der Waals surface area contributed by atoms with Crippen molar-refractivity contribution in [1.29, 1.82) is 5.53 Å². The third kappa shape index (κ3) is 6.34. The fraction of sp³-hybridized carbons (Fsp3) is 0.560. The van der Waals surface area contributed by atoms with Gasteiger partial charge in [-0.3, -0.25) is 4.90 Å². The molecule has 37 heavy (non-hydrogen) atoms. The molecule has 4 rings (SSSR count). The van der Waals surface area contributed by atoms with Crippen molar-refractivity contribution >= 4 is 16.6 Å². The molecule has 1 aliphatic carbocycles. The summed E-state index contributed by atoms with van der Waals surface area (Å²) in [6.45, 7) is 1.99. The molecule has 0 aromatic heterocycles. The van der Waals surface area contributed by atoms with E-state index in [0.29, 0.717) is 30.9 Å². The number of alkyl halides is 6. The largest absolute Gasteiger partial charge is 0.490 e. The number of nitrogens with one attached hydrogen (secondary N) is 1. The average Bonchev–Trinajstić information content (AvgIpc) is 2.85. The predicted molar refractivity (Wildman–Crippen MR) is 126 cm³/mol. The first-order valence-electron chi connectivity index (χ1n) is 12.2. The van der Waals surface area contributed by atoms with E-state index in [1.54, 1.807) is 18.2 Å². The number of fused-ring (bicyclic) bond motifs is 1. The first-order chi connectivity index (χ1) is 17.5. The lowest BCUT2D eigenvalue weighted by Gasteiger charge is -2.31. The van der Waals surface area contributed by atoms with Crippen LogP contribution in [0.2, 0.25) is 0 Å². The zero-order valence-corrected chi connectivity index (χ0v) is 20.1. The number of piperidine rings is 1. The second-order valence-electron chi connectivity index (χ2n) is 9.77. The standard InChI is InChI=1S/C25H29F6N5O/c26-24(27,28)18-3-5-19(6-4-18)37-21-8-2-17-13-15(1-7-20(17)22(21)25(29,30)31)14-36-11-9-16(10-12-36)23(34-32)35-33/h1-2,7-8,13,16,18-19,32H,3-6,9-12,14,33H2. The van der Waals surface area contributed by atoms with Gasteiger partial charge in [0.05, 0.1) is 12.0 Å². The monoisotopic (exact) mass is 529 g/mol. The van der Waals surface area contributed by atoms with Crippen molar-refractivity contribution < 1.29 is 31.1 Å². The van der Waals surface area contributed by atoms with Gasteiger partial charge in [-0.2, -0.15) is 31.4 Å². The van der Waals surface area contributed by atoms with Crippen LogP contribution in [0.4, 0.5) is 26.3 Å². The number of nitrogens with two attached hydrogens (primary N) is 1. The first kappa shape index (κ1) is 27.2. The van der Waals surface area contributed by atoms with Crippen molar-refractivity contribution in [3.05, 3.63) is 41.5 Å². The molecule has 2 aromatic rings. The van der Waals surface area contributed by atoms with Gasteiger partial charge in [0.25, 0.3) is 0 Å². The van der Waals surface area contributed by atoms with Gasteiger partial charge in [0.2, 0.25) is 0 Å². The van der Waals surface area contributed by atoms with E-state index < -0.39 is 29.9 Å². The molecule has 6 nitrogen and oxygen atoms in total. The maximum Gasteiger partial charge on any atom is 0.420 e. The van der Waals surface area contributed by atoms with E-state index >= 15 is 0 Å². The van der Waals surface area contributed by atoms with E-state index in [-0.39, 0.29) is 42.7 Å². The summed E-state index contributed by atoms with van der Waals surface area (Å²) in [4.78, 5) is 2.18. The summed E-state index contributed by atoms with van der Waals surface area (Å²) in [7, 11) is 0. The molecule has 2 aliphatic rings. The van der Waals surface area contributed by atoms with E-state index in [1.807, 2.05) is 0 Å². The third-order valence-corrected chi connectivity index (χ3v) is 7.37. The smallest absolute Gasteiger partial charge is 0.420 e. The number of hydrogen-bond acceptors (Lipinski definition) is 5. The Balaban J connectivity index is 1.48. The van der Waals surface area contributed by atoms with Crippen LogP contribution in [0.1, 0.15) is 49.7 Å². The Hall–Kier alpha value is -2.89. The van der Waals surface area contributed by atoms with Crippen LogP contribution in [0, 0.1) is 17.4 Å². The number of likely N-dealkylation sites (tertiary alicyclic amines) is 1. The molecule has 0 radical (unpaired) electrons. The Morgan fingerprint density at radius 1 is 0.973 bits per heavy atom. The molecule has 1 saturated heterocycles. The number of amidine groups is 1. The Labute approximate surface area is 210 Å². The quantitative estimate of drug-likeness (QED) is 0.111. The fourth-order valence-corrected chi connectivity index (χ4v) is 5.37.